The smallest absolute Gasteiger partial charge is 0.0950 e. The van der Waals surface area contributed by atoms with Crippen molar-refractivity contribution in [3.05, 3.63) is 4.91 Å². The highest BCUT2D eigenvalue weighted by atomic mass is 16.3. The third kappa shape index (κ3) is 1.01. The minimum absolute atomic E-state index is 0.185. The van der Waals surface area contributed by atoms with Crippen molar-refractivity contribution in [2.24, 2.45) is 28.8 Å². The van der Waals surface area contributed by atoms with Crippen molar-refractivity contribution < 1.29 is 0 Å². The number of hydrogen-bond acceptors (Lipinski definition) is 2. The monoisotopic (exact) mass is 179 g/mol. The molecule has 3 aliphatic rings. The van der Waals surface area contributed by atoms with Crippen molar-refractivity contribution in [3.63, 3.8) is 0 Å². The Morgan fingerprint density at radius 3 is 2.69 bits per heavy atom. The van der Waals surface area contributed by atoms with Gasteiger partial charge in [-0.25, -0.2) is 0 Å². The average molecular weight is 179 g/mol. The van der Waals surface area contributed by atoms with Crippen LogP contribution in [0.1, 0.15) is 38.5 Å². The number of nitrogens with zero attached hydrogens (tertiary/aromatic N) is 1. The van der Waals surface area contributed by atoms with Gasteiger partial charge in [0.2, 0.25) is 0 Å². The van der Waals surface area contributed by atoms with Gasteiger partial charge in [-0.2, -0.15) is 4.91 Å². The Morgan fingerprint density at radius 1 is 0.923 bits per heavy atom. The Labute approximate surface area is 79.1 Å². The molecule has 2 heteroatoms. The lowest BCUT2D eigenvalue weighted by atomic mass is 9.69. The van der Waals surface area contributed by atoms with Crippen LogP contribution in [-0.2, 0) is 0 Å². The largest absolute Gasteiger partial charge is 0.151 e. The van der Waals surface area contributed by atoms with E-state index in [-0.39, 0.29) is 6.04 Å². The molecule has 0 aromatic carbocycles. The summed E-state index contributed by atoms with van der Waals surface area (Å²) in [7, 11) is 0. The molecule has 0 aromatic rings. The summed E-state index contributed by atoms with van der Waals surface area (Å²) in [5.41, 5.74) is 0. The van der Waals surface area contributed by atoms with E-state index in [0.29, 0.717) is 5.92 Å². The second-order valence-corrected chi connectivity index (χ2v) is 5.17. The first kappa shape index (κ1) is 7.95. The first-order valence-electron chi connectivity index (χ1n) is 5.72. The molecule has 0 aromatic heterocycles. The molecule has 72 valence electrons. The van der Waals surface area contributed by atoms with E-state index in [4.69, 9.17) is 0 Å². The van der Waals surface area contributed by atoms with Gasteiger partial charge in [-0.15, -0.1) is 0 Å². The zero-order valence-electron chi connectivity index (χ0n) is 7.98. The number of rotatable bonds is 1. The van der Waals surface area contributed by atoms with E-state index in [1.165, 1.54) is 32.1 Å². The van der Waals surface area contributed by atoms with Crippen LogP contribution in [0.3, 0.4) is 0 Å². The van der Waals surface area contributed by atoms with Gasteiger partial charge in [0.1, 0.15) is 0 Å². The first-order valence-corrected chi connectivity index (χ1v) is 5.72. The molecule has 5 unspecified atom stereocenters. The van der Waals surface area contributed by atoms with Crippen molar-refractivity contribution in [1.82, 2.24) is 0 Å². The third-order valence-electron chi connectivity index (χ3n) is 4.82. The molecule has 3 fully saturated rings. The van der Waals surface area contributed by atoms with Crippen LogP contribution in [-0.4, -0.2) is 6.04 Å². The topological polar surface area (TPSA) is 29.4 Å². The molecule has 0 radical (unpaired) electrons. The van der Waals surface area contributed by atoms with Crippen molar-refractivity contribution in [3.8, 4) is 0 Å². The quantitative estimate of drug-likeness (QED) is 0.569. The molecule has 3 rings (SSSR count). The van der Waals surface area contributed by atoms with E-state index >= 15 is 0 Å². The van der Waals surface area contributed by atoms with Crippen LogP contribution in [0.5, 0.6) is 0 Å². The molecule has 0 amide bonds. The highest BCUT2D eigenvalue weighted by molar-refractivity contribution is 5.02. The SMILES string of the molecule is O=NC1CCC2C3CCCC2C1C3. The van der Waals surface area contributed by atoms with Gasteiger partial charge < -0.3 is 0 Å². The maximum Gasteiger partial charge on any atom is 0.0950 e. The number of hydrogen-bond donors (Lipinski definition) is 0. The lowest BCUT2D eigenvalue weighted by Crippen LogP contribution is -2.32. The van der Waals surface area contributed by atoms with Crippen LogP contribution in [0.4, 0.5) is 0 Å². The van der Waals surface area contributed by atoms with E-state index in [1.807, 2.05) is 0 Å². The van der Waals surface area contributed by atoms with E-state index in [0.717, 1.165) is 24.2 Å². The highest BCUT2D eigenvalue weighted by Crippen LogP contribution is 2.57. The summed E-state index contributed by atoms with van der Waals surface area (Å²) in [6, 6.07) is 0.185. The molecule has 5 atom stereocenters. The first-order chi connectivity index (χ1) is 6.40. The summed E-state index contributed by atoms with van der Waals surface area (Å²) in [6.45, 7) is 0. The second kappa shape index (κ2) is 2.79. The summed E-state index contributed by atoms with van der Waals surface area (Å²) in [4.78, 5) is 10.7. The molecule has 3 saturated carbocycles. The van der Waals surface area contributed by atoms with Crippen LogP contribution in [0, 0.1) is 28.6 Å². The Balaban J connectivity index is 1.89. The van der Waals surface area contributed by atoms with Crippen LogP contribution in [0.2, 0.25) is 0 Å². The molecule has 0 N–H and O–H groups in total. The van der Waals surface area contributed by atoms with Crippen LogP contribution in [0.15, 0.2) is 5.18 Å². The van der Waals surface area contributed by atoms with E-state index < -0.39 is 0 Å². The van der Waals surface area contributed by atoms with Crippen molar-refractivity contribution >= 4 is 0 Å². The summed E-state index contributed by atoms with van der Waals surface area (Å²) in [5, 5.41) is 3.34. The molecule has 3 aliphatic carbocycles. The van der Waals surface area contributed by atoms with Crippen LogP contribution >= 0.6 is 0 Å². The maximum atomic E-state index is 10.7. The van der Waals surface area contributed by atoms with Gasteiger partial charge >= 0.3 is 0 Å². The van der Waals surface area contributed by atoms with Crippen molar-refractivity contribution in [2.45, 2.75) is 44.6 Å². The lowest BCUT2D eigenvalue weighted by molar-refractivity contribution is 0.144. The molecule has 2 nitrogen and oxygen atoms in total. The molecule has 0 aliphatic heterocycles. The maximum absolute atomic E-state index is 10.7. The van der Waals surface area contributed by atoms with Gasteiger partial charge in [0.05, 0.1) is 6.04 Å². The Kier molecular flexibility index (Phi) is 1.71. The minimum atomic E-state index is 0.185. The van der Waals surface area contributed by atoms with E-state index in [9.17, 15) is 4.91 Å². The second-order valence-electron chi connectivity index (χ2n) is 5.17. The Hall–Kier alpha value is -0.400. The number of nitroso groups, excluding NO2 is 1. The van der Waals surface area contributed by atoms with Crippen molar-refractivity contribution in [2.75, 3.05) is 0 Å². The normalized spacial score (nSPS) is 53.4. The molecule has 0 spiro atoms. The van der Waals surface area contributed by atoms with E-state index in [2.05, 4.69) is 5.18 Å². The molecule has 13 heavy (non-hydrogen) atoms. The highest BCUT2D eigenvalue weighted by Gasteiger charge is 2.51. The predicted molar refractivity (Wildman–Crippen MR) is 51.2 cm³/mol. The van der Waals surface area contributed by atoms with Crippen molar-refractivity contribution in [1.29, 1.82) is 0 Å². The molecule has 0 heterocycles. The zero-order chi connectivity index (χ0) is 8.84. The standard InChI is InChI=1S/C11H17NO/c13-12-11-5-4-8-7-2-1-3-9(8)10(11)6-7/h7-11H,1-6H2. The fourth-order valence-corrected chi connectivity index (χ4v) is 4.34. The van der Waals surface area contributed by atoms with Gasteiger partial charge in [-0.05, 0) is 49.4 Å². The van der Waals surface area contributed by atoms with Crippen LogP contribution < -0.4 is 0 Å². The molecule has 4 bridgehead atoms. The fraction of sp³-hybridized carbons (Fsp3) is 1.00. The minimum Gasteiger partial charge on any atom is -0.151 e. The zero-order valence-corrected chi connectivity index (χ0v) is 7.98. The summed E-state index contributed by atoms with van der Waals surface area (Å²) in [5.74, 6) is 3.52. The van der Waals surface area contributed by atoms with Gasteiger partial charge in [-0.1, -0.05) is 18.0 Å². The summed E-state index contributed by atoms with van der Waals surface area (Å²) in [6.07, 6.45) is 7.94. The lowest BCUT2D eigenvalue weighted by Gasteiger charge is -2.36. The Morgan fingerprint density at radius 2 is 1.85 bits per heavy atom. The van der Waals surface area contributed by atoms with Gasteiger partial charge in [0.25, 0.3) is 0 Å². The predicted octanol–water partition coefficient (Wildman–Crippen LogP) is 2.97. The molecular weight excluding hydrogens is 162 g/mol. The molecular formula is C11H17NO. The van der Waals surface area contributed by atoms with Gasteiger partial charge in [-0.3, -0.25) is 0 Å². The molecule has 0 saturated heterocycles. The van der Waals surface area contributed by atoms with E-state index in [1.54, 1.807) is 0 Å². The third-order valence-corrected chi connectivity index (χ3v) is 4.82. The van der Waals surface area contributed by atoms with Gasteiger partial charge in [0, 0.05) is 0 Å². The summed E-state index contributed by atoms with van der Waals surface area (Å²) < 4.78 is 0. The fourth-order valence-electron chi connectivity index (χ4n) is 4.34. The average Bonchev–Trinajstić information content (AvgIpc) is 2.40. The van der Waals surface area contributed by atoms with Crippen LogP contribution in [0.25, 0.3) is 0 Å². The van der Waals surface area contributed by atoms with Gasteiger partial charge in [0.15, 0.2) is 0 Å². The summed E-state index contributed by atoms with van der Waals surface area (Å²) >= 11 is 0. The Bertz CT molecular complexity index is 228.